The van der Waals surface area contributed by atoms with Crippen molar-refractivity contribution < 1.29 is 4.79 Å². The van der Waals surface area contributed by atoms with E-state index in [2.05, 4.69) is 33.5 Å². The number of benzene rings is 1. The van der Waals surface area contributed by atoms with Gasteiger partial charge in [-0.1, -0.05) is 11.6 Å². The van der Waals surface area contributed by atoms with E-state index in [1.165, 1.54) is 6.42 Å². The fraction of sp³-hybridized carbons (Fsp3) is 0.500. The third-order valence-electron chi connectivity index (χ3n) is 3.58. The van der Waals surface area contributed by atoms with E-state index in [4.69, 9.17) is 11.6 Å². The van der Waals surface area contributed by atoms with Crippen LogP contribution in [0.2, 0.25) is 5.02 Å². The molecule has 1 heterocycles. The number of carbonyl (C=O) groups excluding carboxylic acids is 1. The van der Waals surface area contributed by atoms with Crippen molar-refractivity contribution >= 4 is 45.8 Å². The molecule has 1 fully saturated rings. The highest BCUT2D eigenvalue weighted by atomic mass is 79.9. The highest BCUT2D eigenvalue weighted by Crippen LogP contribution is 2.22. The lowest BCUT2D eigenvalue weighted by atomic mass is 9.92. The summed E-state index contributed by atoms with van der Waals surface area (Å²) in [6.07, 6.45) is 2.34. The standard InChI is InChI=1S/C14H18BrClN2O.ClH/c1-9(10-3-2-6-17-8-10)18-14(19)12-5-4-11(16)7-13(12)15;/h4-5,7,9-10,17H,2-3,6,8H2,1H3,(H,18,19);1H. The van der Waals surface area contributed by atoms with Gasteiger partial charge in [-0.25, -0.2) is 0 Å². The summed E-state index contributed by atoms with van der Waals surface area (Å²) in [6.45, 7) is 4.13. The lowest BCUT2D eigenvalue weighted by Crippen LogP contribution is -2.44. The Morgan fingerprint density at radius 1 is 1.55 bits per heavy atom. The van der Waals surface area contributed by atoms with Gasteiger partial charge in [0.15, 0.2) is 0 Å². The number of hydrogen-bond acceptors (Lipinski definition) is 2. The molecule has 2 atom stereocenters. The summed E-state index contributed by atoms with van der Waals surface area (Å²) in [7, 11) is 0. The van der Waals surface area contributed by atoms with E-state index in [-0.39, 0.29) is 24.4 Å². The first-order valence-corrected chi connectivity index (χ1v) is 7.71. The molecule has 3 nitrogen and oxygen atoms in total. The van der Waals surface area contributed by atoms with Crippen molar-refractivity contribution in [3.05, 3.63) is 33.3 Å². The summed E-state index contributed by atoms with van der Waals surface area (Å²) < 4.78 is 0.728. The highest BCUT2D eigenvalue weighted by molar-refractivity contribution is 9.10. The molecule has 2 N–H and O–H groups in total. The van der Waals surface area contributed by atoms with Crippen LogP contribution in [-0.4, -0.2) is 25.0 Å². The van der Waals surface area contributed by atoms with Crippen LogP contribution >= 0.6 is 39.9 Å². The lowest BCUT2D eigenvalue weighted by Gasteiger charge is -2.29. The topological polar surface area (TPSA) is 41.1 Å². The minimum Gasteiger partial charge on any atom is -0.349 e. The van der Waals surface area contributed by atoms with Crippen LogP contribution in [0.4, 0.5) is 0 Å². The smallest absolute Gasteiger partial charge is 0.252 e. The Hall–Kier alpha value is -0.290. The number of hydrogen-bond donors (Lipinski definition) is 2. The molecule has 0 aliphatic carbocycles. The van der Waals surface area contributed by atoms with E-state index >= 15 is 0 Å². The molecular formula is C14H19BrCl2N2O. The van der Waals surface area contributed by atoms with Gasteiger partial charge in [-0.2, -0.15) is 0 Å². The first-order valence-electron chi connectivity index (χ1n) is 6.54. The fourth-order valence-corrected chi connectivity index (χ4v) is 3.24. The lowest BCUT2D eigenvalue weighted by molar-refractivity contribution is 0.0921. The minimum atomic E-state index is -0.0541. The Balaban J connectivity index is 0.00000200. The second-order valence-electron chi connectivity index (χ2n) is 4.99. The van der Waals surface area contributed by atoms with Gasteiger partial charge in [0.25, 0.3) is 5.91 Å². The molecule has 0 spiro atoms. The summed E-state index contributed by atoms with van der Waals surface area (Å²) in [6, 6.07) is 5.38. The molecule has 1 aliphatic rings. The summed E-state index contributed by atoms with van der Waals surface area (Å²) in [5.41, 5.74) is 0.625. The van der Waals surface area contributed by atoms with E-state index in [0.29, 0.717) is 16.5 Å². The number of piperidine rings is 1. The first-order chi connectivity index (χ1) is 9.08. The minimum absolute atomic E-state index is 0. The van der Waals surface area contributed by atoms with Gasteiger partial charge in [0.1, 0.15) is 0 Å². The van der Waals surface area contributed by atoms with Crippen LogP contribution in [0.5, 0.6) is 0 Å². The largest absolute Gasteiger partial charge is 0.349 e. The Labute approximate surface area is 139 Å². The molecule has 0 radical (unpaired) electrons. The van der Waals surface area contributed by atoms with Crippen LogP contribution < -0.4 is 10.6 Å². The third-order valence-corrected chi connectivity index (χ3v) is 4.47. The van der Waals surface area contributed by atoms with E-state index in [0.717, 1.165) is 24.0 Å². The molecule has 1 aromatic rings. The van der Waals surface area contributed by atoms with Crippen LogP contribution in [0.25, 0.3) is 0 Å². The van der Waals surface area contributed by atoms with E-state index in [9.17, 15) is 4.79 Å². The summed E-state index contributed by atoms with van der Waals surface area (Å²) >= 11 is 9.26. The summed E-state index contributed by atoms with van der Waals surface area (Å²) in [4.78, 5) is 12.2. The molecule has 1 saturated heterocycles. The van der Waals surface area contributed by atoms with E-state index in [1.54, 1.807) is 18.2 Å². The first kappa shape index (κ1) is 17.8. The second kappa shape index (κ2) is 8.23. The van der Waals surface area contributed by atoms with Crippen molar-refractivity contribution in [2.24, 2.45) is 5.92 Å². The van der Waals surface area contributed by atoms with Crippen molar-refractivity contribution in [3.8, 4) is 0 Å². The normalized spacial score (nSPS) is 19.9. The van der Waals surface area contributed by atoms with Gasteiger partial charge in [-0.05, 0) is 72.9 Å². The predicted molar refractivity (Wildman–Crippen MR) is 88.9 cm³/mol. The molecule has 20 heavy (non-hydrogen) atoms. The van der Waals surface area contributed by atoms with Gasteiger partial charge in [0, 0.05) is 15.5 Å². The average Bonchev–Trinajstić information content (AvgIpc) is 2.39. The van der Waals surface area contributed by atoms with Crippen molar-refractivity contribution in [2.45, 2.75) is 25.8 Å². The van der Waals surface area contributed by atoms with Crippen molar-refractivity contribution in [2.75, 3.05) is 13.1 Å². The van der Waals surface area contributed by atoms with Crippen LogP contribution in [-0.2, 0) is 0 Å². The molecule has 0 aromatic heterocycles. The van der Waals surface area contributed by atoms with Gasteiger partial charge in [-0.3, -0.25) is 4.79 Å². The van der Waals surface area contributed by atoms with Gasteiger partial charge >= 0.3 is 0 Å². The Morgan fingerprint density at radius 2 is 2.30 bits per heavy atom. The quantitative estimate of drug-likeness (QED) is 0.838. The molecule has 2 rings (SSSR count). The molecule has 0 saturated carbocycles. The van der Waals surface area contributed by atoms with Crippen LogP contribution in [0.3, 0.4) is 0 Å². The van der Waals surface area contributed by atoms with Gasteiger partial charge in [0.05, 0.1) is 5.56 Å². The molecule has 2 unspecified atom stereocenters. The number of rotatable bonds is 3. The van der Waals surface area contributed by atoms with Gasteiger partial charge < -0.3 is 10.6 Å². The molecule has 6 heteroatoms. The Morgan fingerprint density at radius 3 is 2.90 bits per heavy atom. The molecule has 1 aromatic carbocycles. The molecule has 112 valence electrons. The number of amides is 1. The van der Waals surface area contributed by atoms with Crippen LogP contribution in [0, 0.1) is 5.92 Å². The zero-order chi connectivity index (χ0) is 13.8. The van der Waals surface area contributed by atoms with Crippen LogP contribution in [0.15, 0.2) is 22.7 Å². The number of carbonyl (C=O) groups is 1. The van der Waals surface area contributed by atoms with Gasteiger partial charge in [0.2, 0.25) is 0 Å². The van der Waals surface area contributed by atoms with Crippen molar-refractivity contribution in [1.29, 1.82) is 0 Å². The van der Waals surface area contributed by atoms with E-state index in [1.807, 2.05) is 0 Å². The van der Waals surface area contributed by atoms with Gasteiger partial charge in [-0.15, -0.1) is 12.4 Å². The number of nitrogens with one attached hydrogen (secondary N) is 2. The maximum absolute atomic E-state index is 12.2. The fourth-order valence-electron chi connectivity index (χ4n) is 2.38. The molecule has 1 aliphatic heterocycles. The molecule has 1 amide bonds. The Bertz CT molecular complexity index is 464. The third kappa shape index (κ3) is 4.62. The SMILES string of the molecule is CC(NC(=O)c1ccc(Cl)cc1Br)C1CCCNC1.Cl. The predicted octanol–water partition coefficient (Wildman–Crippen LogP) is 3.64. The molecular weight excluding hydrogens is 363 g/mol. The molecule has 0 bridgehead atoms. The van der Waals surface area contributed by atoms with Crippen LogP contribution in [0.1, 0.15) is 30.1 Å². The number of halogens is 3. The second-order valence-corrected chi connectivity index (χ2v) is 6.28. The zero-order valence-electron chi connectivity index (χ0n) is 11.3. The Kier molecular flexibility index (Phi) is 7.30. The highest BCUT2D eigenvalue weighted by Gasteiger charge is 2.22. The summed E-state index contributed by atoms with van der Waals surface area (Å²) in [5.74, 6) is 0.449. The van der Waals surface area contributed by atoms with Crippen molar-refractivity contribution in [1.82, 2.24) is 10.6 Å². The maximum atomic E-state index is 12.2. The summed E-state index contributed by atoms with van der Waals surface area (Å²) in [5, 5.41) is 7.06. The monoisotopic (exact) mass is 380 g/mol. The maximum Gasteiger partial charge on any atom is 0.252 e. The zero-order valence-corrected chi connectivity index (χ0v) is 14.4. The average molecular weight is 382 g/mol. The van der Waals surface area contributed by atoms with Crippen molar-refractivity contribution in [3.63, 3.8) is 0 Å². The van der Waals surface area contributed by atoms with E-state index < -0.39 is 0 Å².